The zero-order valence-electron chi connectivity index (χ0n) is 16.3. The summed E-state index contributed by atoms with van der Waals surface area (Å²) in [6.07, 6.45) is 8.31. The third kappa shape index (κ3) is 3.20. The fourth-order valence-electron chi connectivity index (χ4n) is 5.17. The molecule has 2 fully saturated rings. The van der Waals surface area contributed by atoms with E-state index in [-0.39, 0.29) is 29.4 Å². The van der Waals surface area contributed by atoms with Gasteiger partial charge in [0.1, 0.15) is 5.82 Å². The summed E-state index contributed by atoms with van der Waals surface area (Å²) in [5, 5.41) is 32.3. The van der Waals surface area contributed by atoms with E-state index in [2.05, 4.69) is 18.3 Å². The molecule has 1 aromatic carbocycles. The minimum absolute atomic E-state index is 0.0522. The van der Waals surface area contributed by atoms with Crippen LogP contribution in [-0.2, 0) is 0 Å². The van der Waals surface area contributed by atoms with Gasteiger partial charge in [-0.05, 0) is 80.4 Å². The highest BCUT2D eigenvalue weighted by Crippen LogP contribution is 2.63. The molecule has 0 aromatic heterocycles. The first-order valence-electron chi connectivity index (χ1n) is 10.2. The molecule has 3 atom stereocenters. The first-order chi connectivity index (χ1) is 13.4. The van der Waals surface area contributed by atoms with Gasteiger partial charge in [0.15, 0.2) is 0 Å². The highest BCUT2D eigenvalue weighted by molar-refractivity contribution is 5.81. The molecule has 4 nitrogen and oxygen atoms in total. The number of fused-ring (bicyclic) bond motifs is 1. The minimum atomic E-state index is -0.352. The fraction of sp³-hybridized carbons (Fsp3) is 0.522. The molecule has 150 valence electrons. The van der Waals surface area contributed by atoms with E-state index in [9.17, 15) is 14.6 Å². The van der Waals surface area contributed by atoms with Gasteiger partial charge in [0.25, 0.3) is 0 Å². The molecule has 4 N–H and O–H groups in total. The molecule has 3 aliphatic carbocycles. The highest BCUT2D eigenvalue weighted by Gasteiger charge is 2.56. The van der Waals surface area contributed by atoms with Crippen molar-refractivity contribution in [2.45, 2.75) is 51.6 Å². The lowest BCUT2D eigenvalue weighted by molar-refractivity contribution is -0.0186. The summed E-state index contributed by atoms with van der Waals surface area (Å²) in [4.78, 5) is 0. The van der Waals surface area contributed by atoms with Crippen molar-refractivity contribution in [1.82, 2.24) is 0 Å². The van der Waals surface area contributed by atoms with Crippen molar-refractivity contribution in [3.8, 4) is 0 Å². The summed E-state index contributed by atoms with van der Waals surface area (Å²) in [7, 11) is 0. The van der Waals surface area contributed by atoms with Crippen LogP contribution >= 0.6 is 0 Å². The Kier molecular flexibility index (Phi) is 4.92. The van der Waals surface area contributed by atoms with Crippen LogP contribution in [0.5, 0.6) is 0 Å². The van der Waals surface area contributed by atoms with E-state index in [0.717, 1.165) is 42.6 Å². The Bertz CT molecular complexity index is 828. The van der Waals surface area contributed by atoms with Crippen molar-refractivity contribution in [2.75, 3.05) is 11.9 Å². The van der Waals surface area contributed by atoms with Crippen molar-refractivity contribution in [3.63, 3.8) is 0 Å². The Hall–Kier alpha value is -1.98. The van der Waals surface area contributed by atoms with Crippen LogP contribution in [0.3, 0.4) is 0 Å². The normalized spacial score (nSPS) is 30.6. The Balaban J connectivity index is 1.62. The van der Waals surface area contributed by atoms with E-state index in [1.807, 2.05) is 0 Å². The molecule has 0 aliphatic heterocycles. The van der Waals surface area contributed by atoms with Gasteiger partial charge >= 0.3 is 0 Å². The lowest BCUT2D eigenvalue weighted by Gasteiger charge is -2.46. The first kappa shape index (κ1) is 19.3. The van der Waals surface area contributed by atoms with E-state index in [1.54, 1.807) is 12.1 Å². The number of hydrogen-bond donors (Lipinski definition) is 4. The molecule has 5 heteroatoms. The first-order valence-corrected chi connectivity index (χ1v) is 10.2. The van der Waals surface area contributed by atoms with Gasteiger partial charge < -0.3 is 20.9 Å². The molecule has 0 amide bonds. The zero-order valence-corrected chi connectivity index (χ0v) is 16.3. The number of aliphatic hydroxyl groups excluding tert-OH is 2. The summed E-state index contributed by atoms with van der Waals surface area (Å²) in [6.45, 7) is 2.23. The summed E-state index contributed by atoms with van der Waals surface area (Å²) in [6, 6.07) is 6.21. The number of benzene rings is 1. The van der Waals surface area contributed by atoms with E-state index < -0.39 is 0 Å². The summed E-state index contributed by atoms with van der Waals surface area (Å²) < 4.78 is 13.2. The quantitative estimate of drug-likeness (QED) is 0.526. The van der Waals surface area contributed by atoms with Crippen molar-refractivity contribution in [2.24, 2.45) is 16.7 Å². The van der Waals surface area contributed by atoms with Crippen LogP contribution in [0.4, 0.5) is 10.1 Å². The standard InChI is InChI=1S/C23H29FN2O2/c1-22-11-16(13-25)20(26-19-6-4-18(24)5-7-19)10-17(22)8-9-23(22,14-27)12-21(28)15-2-3-15/h4-7,10,13,15,21,25-28H,2-3,8-9,11-12,14H2,1H3/t21?,22-,23-/m0/s1. The van der Waals surface area contributed by atoms with Gasteiger partial charge in [-0.3, -0.25) is 0 Å². The maximum atomic E-state index is 13.2. The summed E-state index contributed by atoms with van der Waals surface area (Å²) >= 11 is 0. The number of nitrogens with one attached hydrogen (secondary N) is 2. The topological polar surface area (TPSA) is 76.3 Å². The van der Waals surface area contributed by atoms with Crippen LogP contribution in [0, 0.1) is 28.0 Å². The van der Waals surface area contributed by atoms with Crippen molar-refractivity contribution < 1.29 is 14.6 Å². The second kappa shape index (κ2) is 7.12. The van der Waals surface area contributed by atoms with Gasteiger partial charge in [0, 0.05) is 35.0 Å². The van der Waals surface area contributed by atoms with Crippen molar-refractivity contribution in [1.29, 1.82) is 5.41 Å². The molecular weight excluding hydrogens is 355 g/mol. The predicted octanol–water partition coefficient (Wildman–Crippen LogP) is 4.41. The van der Waals surface area contributed by atoms with Gasteiger partial charge in [0.05, 0.1) is 6.10 Å². The molecule has 28 heavy (non-hydrogen) atoms. The van der Waals surface area contributed by atoms with Gasteiger partial charge in [-0.15, -0.1) is 0 Å². The molecule has 0 bridgehead atoms. The Morgan fingerprint density at radius 1 is 1.32 bits per heavy atom. The smallest absolute Gasteiger partial charge is 0.123 e. The van der Waals surface area contributed by atoms with E-state index in [1.165, 1.54) is 23.9 Å². The third-order valence-electron chi connectivity index (χ3n) is 7.33. The van der Waals surface area contributed by atoms with Crippen molar-refractivity contribution >= 4 is 11.9 Å². The van der Waals surface area contributed by atoms with Crippen LogP contribution in [-0.4, -0.2) is 29.1 Å². The average molecular weight is 384 g/mol. The summed E-state index contributed by atoms with van der Waals surface area (Å²) in [5.41, 5.74) is 3.17. The third-order valence-corrected chi connectivity index (χ3v) is 7.33. The van der Waals surface area contributed by atoms with Crippen LogP contribution < -0.4 is 5.32 Å². The molecule has 2 saturated carbocycles. The number of allylic oxidation sites excluding steroid dienone is 3. The Labute approximate surface area is 165 Å². The molecule has 1 aromatic rings. The lowest BCUT2D eigenvalue weighted by Crippen LogP contribution is -2.43. The number of rotatable bonds is 7. The molecule has 0 spiro atoms. The number of anilines is 1. The maximum Gasteiger partial charge on any atom is 0.123 e. The van der Waals surface area contributed by atoms with Gasteiger partial charge in [0.2, 0.25) is 0 Å². The monoisotopic (exact) mass is 384 g/mol. The van der Waals surface area contributed by atoms with Crippen LogP contribution in [0.2, 0.25) is 0 Å². The number of hydrogen-bond acceptors (Lipinski definition) is 4. The number of aliphatic hydroxyl groups is 2. The summed E-state index contributed by atoms with van der Waals surface area (Å²) in [5.74, 6) is 0.108. The molecule has 3 aliphatic rings. The second-order valence-electron chi connectivity index (χ2n) is 8.94. The Morgan fingerprint density at radius 3 is 2.64 bits per heavy atom. The second-order valence-corrected chi connectivity index (χ2v) is 8.94. The molecule has 1 unspecified atom stereocenters. The largest absolute Gasteiger partial charge is 0.396 e. The fourth-order valence-corrected chi connectivity index (χ4v) is 5.17. The molecular formula is C23H29FN2O2. The molecule has 4 rings (SSSR count). The Morgan fingerprint density at radius 2 is 2.04 bits per heavy atom. The van der Waals surface area contributed by atoms with Crippen molar-refractivity contribution in [3.05, 3.63) is 53.0 Å². The number of halogens is 1. The maximum absolute atomic E-state index is 13.2. The minimum Gasteiger partial charge on any atom is -0.396 e. The van der Waals surface area contributed by atoms with E-state index >= 15 is 0 Å². The SMILES string of the molecule is C[C@]12CC(C=N)=C(Nc3ccc(F)cc3)C=C1CC[C@@]2(CO)CC(O)C1CC1. The van der Waals surface area contributed by atoms with Crippen LogP contribution in [0.1, 0.15) is 45.4 Å². The zero-order chi connectivity index (χ0) is 19.9. The molecule has 0 saturated heterocycles. The van der Waals surface area contributed by atoms with Gasteiger partial charge in [-0.2, -0.15) is 0 Å². The van der Waals surface area contributed by atoms with Gasteiger partial charge in [-0.1, -0.05) is 12.5 Å². The highest BCUT2D eigenvalue weighted by atomic mass is 19.1. The lowest BCUT2D eigenvalue weighted by atomic mass is 9.59. The van der Waals surface area contributed by atoms with Gasteiger partial charge in [-0.25, -0.2) is 4.39 Å². The average Bonchev–Trinajstić information content (AvgIpc) is 3.50. The van der Waals surface area contributed by atoms with E-state index in [0.29, 0.717) is 18.8 Å². The van der Waals surface area contributed by atoms with Crippen LogP contribution in [0.25, 0.3) is 0 Å². The van der Waals surface area contributed by atoms with E-state index in [4.69, 9.17) is 5.41 Å². The predicted molar refractivity (Wildman–Crippen MR) is 109 cm³/mol. The van der Waals surface area contributed by atoms with Crippen LogP contribution in [0.15, 0.2) is 47.2 Å². The molecule has 0 radical (unpaired) electrons. The molecule has 0 heterocycles.